The maximum Gasteiger partial charge on any atom is 0.258 e. The summed E-state index contributed by atoms with van der Waals surface area (Å²) in [6.45, 7) is 0. The Balaban J connectivity index is 2.38. The molecular formula is C16H12BrNO. The van der Waals surface area contributed by atoms with E-state index in [1.165, 1.54) is 0 Å². The van der Waals surface area contributed by atoms with Gasteiger partial charge in [0.2, 0.25) is 0 Å². The molecule has 0 saturated carbocycles. The molecule has 0 bridgehead atoms. The summed E-state index contributed by atoms with van der Waals surface area (Å²) in [5.41, 5.74) is 2.22. The fourth-order valence-corrected chi connectivity index (χ4v) is 2.54. The molecule has 0 spiro atoms. The first kappa shape index (κ1) is 12.2. The first-order chi connectivity index (χ1) is 9.16. The number of pyridine rings is 1. The van der Waals surface area contributed by atoms with Crippen LogP contribution in [0.15, 0.2) is 64.0 Å². The minimum atomic E-state index is 0.0384. The lowest BCUT2D eigenvalue weighted by Gasteiger charge is -2.09. The molecule has 1 aromatic heterocycles. The van der Waals surface area contributed by atoms with Crippen LogP contribution in [-0.2, 0) is 7.05 Å². The molecule has 0 saturated heterocycles. The molecule has 2 nitrogen and oxygen atoms in total. The molecule has 0 aliphatic carbocycles. The zero-order valence-corrected chi connectivity index (χ0v) is 12.0. The van der Waals surface area contributed by atoms with Crippen LogP contribution in [0, 0.1) is 0 Å². The second-order valence-electron chi connectivity index (χ2n) is 4.51. The van der Waals surface area contributed by atoms with Gasteiger partial charge in [0.1, 0.15) is 0 Å². The topological polar surface area (TPSA) is 22.0 Å². The number of halogens is 1. The van der Waals surface area contributed by atoms with Gasteiger partial charge in [-0.1, -0.05) is 46.3 Å². The van der Waals surface area contributed by atoms with Crippen LogP contribution in [0.1, 0.15) is 0 Å². The Morgan fingerprint density at radius 1 is 0.947 bits per heavy atom. The van der Waals surface area contributed by atoms with Crippen molar-refractivity contribution in [1.82, 2.24) is 4.57 Å². The summed E-state index contributed by atoms with van der Waals surface area (Å²) < 4.78 is 2.69. The van der Waals surface area contributed by atoms with Crippen molar-refractivity contribution in [2.45, 2.75) is 0 Å². The summed E-state index contributed by atoms with van der Waals surface area (Å²) in [6, 6.07) is 15.9. The number of hydrogen-bond acceptors (Lipinski definition) is 1. The second-order valence-corrected chi connectivity index (χ2v) is 5.43. The zero-order chi connectivity index (χ0) is 13.4. The number of nitrogens with zero attached hydrogens (tertiary/aromatic N) is 1. The summed E-state index contributed by atoms with van der Waals surface area (Å²) in [5, 5.41) is 1.75. The molecular weight excluding hydrogens is 302 g/mol. The highest BCUT2D eigenvalue weighted by atomic mass is 79.9. The van der Waals surface area contributed by atoms with E-state index in [1.807, 2.05) is 42.6 Å². The zero-order valence-electron chi connectivity index (χ0n) is 10.4. The predicted molar refractivity (Wildman–Crippen MR) is 82.3 cm³/mol. The van der Waals surface area contributed by atoms with Crippen LogP contribution in [0.5, 0.6) is 0 Å². The quantitative estimate of drug-likeness (QED) is 0.666. The highest BCUT2D eigenvalue weighted by Crippen LogP contribution is 2.27. The Morgan fingerprint density at radius 3 is 2.26 bits per heavy atom. The van der Waals surface area contributed by atoms with Gasteiger partial charge in [-0.2, -0.15) is 0 Å². The van der Waals surface area contributed by atoms with Gasteiger partial charge < -0.3 is 4.57 Å². The van der Waals surface area contributed by atoms with Gasteiger partial charge >= 0.3 is 0 Å². The van der Waals surface area contributed by atoms with E-state index in [2.05, 4.69) is 28.1 Å². The van der Waals surface area contributed by atoms with Gasteiger partial charge in [0.15, 0.2) is 0 Å². The SMILES string of the molecule is Cn1cc(-c2ccc(Br)cc2)c2ccccc2c1=O. The van der Waals surface area contributed by atoms with Crippen molar-refractivity contribution in [1.29, 1.82) is 0 Å². The highest BCUT2D eigenvalue weighted by molar-refractivity contribution is 9.10. The van der Waals surface area contributed by atoms with Crippen molar-refractivity contribution in [2.75, 3.05) is 0 Å². The Hall–Kier alpha value is -1.87. The van der Waals surface area contributed by atoms with E-state index in [0.717, 1.165) is 26.4 Å². The van der Waals surface area contributed by atoms with Gasteiger partial charge in [-0.25, -0.2) is 0 Å². The standard InChI is InChI=1S/C16H12BrNO/c1-18-10-15(11-6-8-12(17)9-7-11)13-4-2-3-5-14(13)16(18)19/h2-10H,1H3. The smallest absolute Gasteiger partial charge is 0.258 e. The minimum Gasteiger partial charge on any atom is -0.317 e. The molecule has 0 unspecified atom stereocenters. The number of aromatic nitrogens is 1. The van der Waals surface area contributed by atoms with Crippen molar-refractivity contribution in [3.8, 4) is 11.1 Å². The van der Waals surface area contributed by atoms with Crippen LogP contribution in [0.2, 0.25) is 0 Å². The van der Waals surface area contributed by atoms with Crippen LogP contribution in [0.4, 0.5) is 0 Å². The number of rotatable bonds is 1. The Morgan fingerprint density at radius 2 is 1.58 bits per heavy atom. The molecule has 0 amide bonds. The van der Waals surface area contributed by atoms with E-state index in [4.69, 9.17) is 0 Å². The van der Waals surface area contributed by atoms with Gasteiger partial charge in [-0.3, -0.25) is 4.79 Å². The van der Waals surface area contributed by atoms with E-state index < -0.39 is 0 Å². The van der Waals surface area contributed by atoms with E-state index in [-0.39, 0.29) is 5.56 Å². The Bertz CT molecular complexity index is 803. The Labute approximate surface area is 119 Å². The molecule has 94 valence electrons. The first-order valence-corrected chi connectivity index (χ1v) is 6.80. The molecule has 0 radical (unpaired) electrons. The van der Waals surface area contributed by atoms with Crippen molar-refractivity contribution in [3.05, 3.63) is 69.6 Å². The van der Waals surface area contributed by atoms with Crippen LogP contribution >= 0.6 is 15.9 Å². The van der Waals surface area contributed by atoms with Gasteiger partial charge in [0.25, 0.3) is 5.56 Å². The maximum atomic E-state index is 12.1. The van der Waals surface area contributed by atoms with Gasteiger partial charge in [-0.05, 0) is 29.1 Å². The van der Waals surface area contributed by atoms with Crippen molar-refractivity contribution < 1.29 is 0 Å². The largest absolute Gasteiger partial charge is 0.317 e. The lowest BCUT2D eigenvalue weighted by atomic mass is 10.0. The molecule has 0 aliphatic heterocycles. The average molecular weight is 314 g/mol. The Kier molecular flexibility index (Phi) is 2.99. The van der Waals surface area contributed by atoms with Crippen LogP contribution in [-0.4, -0.2) is 4.57 Å². The third kappa shape index (κ3) is 2.10. The highest BCUT2D eigenvalue weighted by Gasteiger charge is 2.08. The fourth-order valence-electron chi connectivity index (χ4n) is 2.28. The molecule has 1 heterocycles. The average Bonchev–Trinajstić information content (AvgIpc) is 2.44. The molecule has 0 N–H and O–H groups in total. The monoisotopic (exact) mass is 313 g/mol. The molecule has 3 aromatic rings. The van der Waals surface area contributed by atoms with Gasteiger partial charge in [-0.15, -0.1) is 0 Å². The lowest BCUT2D eigenvalue weighted by molar-refractivity contribution is 0.875. The molecule has 3 heteroatoms. The third-order valence-electron chi connectivity index (χ3n) is 3.25. The molecule has 0 fully saturated rings. The summed E-state index contributed by atoms with van der Waals surface area (Å²) >= 11 is 3.44. The summed E-state index contributed by atoms with van der Waals surface area (Å²) in [7, 11) is 1.79. The molecule has 2 aromatic carbocycles. The van der Waals surface area contributed by atoms with E-state index in [9.17, 15) is 4.79 Å². The van der Waals surface area contributed by atoms with Crippen LogP contribution < -0.4 is 5.56 Å². The van der Waals surface area contributed by atoms with Crippen molar-refractivity contribution in [3.63, 3.8) is 0 Å². The lowest BCUT2D eigenvalue weighted by Crippen LogP contribution is -2.16. The van der Waals surface area contributed by atoms with Gasteiger partial charge in [0, 0.05) is 28.7 Å². The number of hydrogen-bond donors (Lipinski definition) is 0. The molecule has 0 aliphatic rings. The van der Waals surface area contributed by atoms with Crippen LogP contribution in [0.3, 0.4) is 0 Å². The van der Waals surface area contributed by atoms with E-state index in [0.29, 0.717) is 0 Å². The second kappa shape index (κ2) is 4.67. The maximum absolute atomic E-state index is 12.1. The van der Waals surface area contributed by atoms with Gasteiger partial charge in [0.05, 0.1) is 0 Å². The summed E-state index contributed by atoms with van der Waals surface area (Å²) in [4.78, 5) is 12.1. The minimum absolute atomic E-state index is 0.0384. The molecule has 3 rings (SSSR count). The number of fused-ring (bicyclic) bond motifs is 1. The van der Waals surface area contributed by atoms with Crippen molar-refractivity contribution >= 4 is 26.7 Å². The molecule has 19 heavy (non-hydrogen) atoms. The summed E-state index contributed by atoms with van der Waals surface area (Å²) in [6.07, 6.45) is 1.90. The predicted octanol–water partition coefficient (Wildman–Crippen LogP) is 3.97. The van der Waals surface area contributed by atoms with E-state index >= 15 is 0 Å². The third-order valence-corrected chi connectivity index (χ3v) is 3.77. The normalized spacial score (nSPS) is 10.8. The van der Waals surface area contributed by atoms with E-state index in [1.54, 1.807) is 11.6 Å². The van der Waals surface area contributed by atoms with Crippen LogP contribution in [0.25, 0.3) is 21.9 Å². The first-order valence-electron chi connectivity index (χ1n) is 6.01. The number of aryl methyl sites for hydroxylation is 1. The fraction of sp³-hybridized carbons (Fsp3) is 0.0625. The summed E-state index contributed by atoms with van der Waals surface area (Å²) in [5.74, 6) is 0. The van der Waals surface area contributed by atoms with Crippen molar-refractivity contribution in [2.24, 2.45) is 7.05 Å². The molecule has 0 atom stereocenters. The number of benzene rings is 2.